The fourth-order valence-corrected chi connectivity index (χ4v) is 11.2. The highest BCUT2D eigenvalue weighted by atomic mass is 16.7. The Labute approximate surface area is 474 Å². The predicted octanol–water partition coefficient (Wildman–Crippen LogP) is 15.5. The topological polar surface area (TPSA) is 189 Å². The van der Waals surface area contributed by atoms with Gasteiger partial charge in [-0.2, -0.15) is 0 Å². The Morgan fingerprint density at radius 1 is 0.442 bits per heavy atom. The van der Waals surface area contributed by atoms with E-state index in [4.69, 9.17) is 9.47 Å². The SMILES string of the molecule is CCCCCCCCCCCCCCCCCCCCCCCCCCCCC/C=C/CCCC(O)C(O)C(COC1OC(CO)C(O)C(O)C1O)NC(=O)C(O)CCCCCCCCCCCCCCCCCCCC. The zero-order valence-corrected chi connectivity index (χ0v) is 50.5. The largest absolute Gasteiger partial charge is 0.394 e. The molecule has 9 atom stereocenters. The molecule has 1 aliphatic heterocycles. The van der Waals surface area contributed by atoms with Crippen LogP contribution in [0.5, 0.6) is 0 Å². The summed E-state index contributed by atoms with van der Waals surface area (Å²) >= 11 is 0. The van der Waals surface area contributed by atoms with E-state index >= 15 is 0 Å². The van der Waals surface area contributed by atoms with Crippen LogP contribution < -0.4 is 5.32 Å². The molecule has 0 spiro atoms. The van der Waals surface area contributed by atoms with Gasteiger partial charge in [0.25, 0.3) is 0 Å². The number of aliphatic hydroxyl groups is 7. The van der Waals surface area contributed by atoms with Crippen LogP contribution in [-0.4, -0.2) is 110 Å². The third kappa shape index (κ3) is 43.2. The summed E-state index contributed by atoms with van der Waals surface area (Å²) < 4.78 is 11.2. The van der Waals surface area contributed by atoms with Gasteiger partial charge in [0.1, 0.15) is 36.6 Å². The molecule has 11 heteroatoms. The molecule has 77 heavy (non-hydrogen) atoms. The molecule has 0 aromatic rings. The van der Waals surface area contributed by atoms with E-state index in [1.165, 1.54) is 263 Å². The van der Waals surface area contributed by atoms with Crippen molar-refractivity contribution in [1.29, 1.82) is 0 Å². The van der Waals surface area contributed by atoms with E-state index in [-0.39, 0.29) is 12.8 Å². The van der Waals surface area contributed by atoms with Crippen molar-refractivity contribution in [2.45, 2.75) is 390 Å². The molecule has 1 heterocycles. The summed E-state index contributed by atoms with van der Waals surface area (Å²) in [6.45, 7) is 3.49. The number of rotatable bonds is 59. The second kappa shape index (κ2) is 55.4. The first kappa shape index (κ1) is 73.9. The van der Waals surface area contributed by atoms with Gasteiger partial charge in [0, 0.05) is 0 Å². The van der Waals surface area contributed by atoms with Crippen molar-refractivity contribution in [3.05, 3.63) is 12.2 Å². The molecule has 1 amide bonds. The number of carbonyl (C=O) groups excluding carboxylic acids is 1. The first-order chi connectivity index (χ1) is 37.7. The maximum Gasteiger partial charge on any atom is 0.249 e. The zero-order chi connectivity index (χ0) is 56.1. The maximum absolute atomic E-state index is 13.2. The second-order valence-corrected chi connectivity index (χ2v) is 23.9. The molecular weight excluding hydrogens is 967 g/mol. The lowest BCUT2D eigenvalue weighted by molar-refractivity contribution is -0.303. The van der Waals surface area contributed by atoms with Crippen LogP contribution in [0.15, 0.2) is 12.2 Å². The fraction of sp³-hybridized carbons (Fsp3) is 0.955. The summed E-state index contributed by atoms with van der Waals surface area (Å²) in [6, 6.07) is -1.18. The van der Waals surface area contributed by atoms with Crippen molar-refractivity contribution in [2.24, 2.45) is 0 Å². The van der Waals surface area contributed by atoms with E-state index in [0.29, 0.717) is 12.8 Å². The van der Waals surface area contributed by atoms with Gasteiger partial charge >= 0.3 is 0 Å². The number of nitrogens with one attached hydrogen (secondary N) is 1. The molecule has 0 aromatic heterocycles. The average Bonchev–Trinajstić information content (AvgIpc) is 3.43. The van der Waals surface area contributed by atoms with Gasteiger partial charge in [-0.05, 0) is 38.5 Å². The Morgan fingerprint density at radius 3 is 1.12 bits per heavy atom. The van der Waals surface area contributed by atoms with Gasteiger partial charge in [0.15, 0.2) is 6.29 Å². The lowest BCUT2D eigenvalue weighted by Gasteiger charge is -2.40. The molecule has 8 N–H and O–H groups in total. The standard InChI is InChI=1S/C66H129NO10/c1-3-5-7-9-11-13-15-17-19-21-23-24-25-26-27-28-29-30-31-32-33-34-35-36-38-39-41-43-45-47-49-51-53-58(69)61(71)57(56-76-66-64(74)63(73)62(72)60(55-68)77-66)67-65(75)59(70)54-52-50-48-46-44-42-40-37-22-20-18-16-14-12-10-8-6-4-2/h45,47,57-64,66,68-74H,3-44,46,48-56H2,1-2H3,(H,67,75)/b47-45+. The Bertz CT molecular complexity index is 1260. The molecule has 0 radical (unpaired) electrons. The van der Waals surface area contributed by atoms with Crippen molar-refractivity contribution in [2.75, 3.05) is 13.2 Å². The monoisotopic (exact) mass is 1100 g/mol. The molecule has 0 saturated carbocycles. The van der Waals surface area contributed by atoms with Gasteiger partial charge in [-0.25, -0.2) is 0 Å². The molecule has 1 rings (SSSR count). The molecule has 0 aliphatic carbocycles. The molecule has 1 aliphatic rings. The normalized spacial score (nSPS) is 19.5. The molecule has 0 aromatic carbocycles. The van der Waals surface area contributed by atoms with Crippen LogP contribution in [0.4, 0.5) is 0 Å². The van der Waals surface area contributed by atoms with Crippen LogP contribution in [0, 0.1) is 0 Å². The third-order valence-corrected chi connectivity index (χ3v) is 16.6. The number of carbonyl (C=O) groups is 1. The van der Waals surface area contributed by atoms with Crippen molar-refractivity contribution < 1.29 is 50.0 Å². The minimum absolute atomic E-state index is 0.259. The highest BCUT2D eigenvalue weighted by molar-refractivity contribution is 5.80. The van der Waals surface area contributed by atoms with Crippen molar-refractivity contribution in [1.82, 2.24) is 5.32 Å². The Kier molecular flexibility index (Phi) is 53.1. The van der Waals surface area contributed by atoms with E-state index in [1.54, 1.807) is 0 Å². The van der Waals surface area contributed by atoms with Crippen LogP contribution in [0.3, 0.4) is 0 Å². The minimum Gasteiger partial charge on any atom is -0.394 e. The van der Waals surface area contributed by atoms with E-state index in [9.17, 15) is 40.5 Å². The molecule has 1 saturated heterocycles. The highest BCUT2D eigenvalue weighted by Gasteiger charge is 2.44. The summed E-state index contributed by atoms with van der Waals surface area (Å²) in [5.41, 5.74) is 0. The Morgan fingerprint density at radius 2 is 0.766 bits per heavy atom. The number of allylic oxidation sites excluding steroid dienone is 2. The van der Waals surface area contributed by atoms with Crippen molar-refractivity contribution >= 4 is 5.91 Å². The van der Waals surface area contributed by atoms with Gasteiger partial charge in [0.05, 0.1) is 25.4 Å². The Hall–Kier alpha value is -1.15. The van der Waals surface area contributed by atoms with E-state index in [0.717, 1.165) is 32.1 Å². The van der Waals surface area contributed by atoms with Gasteiger partial charge in [0.2, 0.25) is 5.91 Å². The smallest absolute Gasteiger partial charge is 0.249 e. The number of hydrogen-bond acceptors (Lipinski definition) is 10. The number of hydrogen-bond donors (Lipinski definition) is 8. The first-order valence-electron chi connectivity index (χ1n) is 33.6. The van der Waals surface area contributed by atoms with Gasteiger partial charge in [-0.1, -0.05) is 309 Å². The highest BCUT2D eigenvalue weighted by Crippen LogP contribution is 2.24. The van der Waals surface area contributed by atoms with E-state index < -0.39 is 74.2 Å². The molecule has 1 fully saturated rings. The second-order valence-electron chi connectivity index (χ2n) is 23.9. The average molecular weight is 1100 g/mol. The maximum atomic E-state index is 13.2. The number of amides is 1. The van der Waals surface area contributed by atoms with Gasteiger partial charge in [-0.3, -0.25) is 4.79 Å². The zero-order valence-electron chi connectivity index (χ0n) is 50.5. The van der Waals surface area contributed by atoms with Gasteiger partial charge in [-0.15, -0.1) is 0 Å². The van der Waals surface area contributed by atoms with Crippen LogP contribution in [0.2, 0.25) is 0 Å². The summed E-state index contributed by atoms with van der Waals surface area (Å²) in [6.07, 6.45) is 55.9. The lowest BCUT2D eigenvalue weighted by atomic mass is 9.98. The van der Waals surface area contributed by atoms with Crippen LogP contribution >= 0.6 is 0 Å². The summed E-state index contributed by atoms with van der Waals surface area (Å²) in [5.74, 6) is -0.699. The summed E-state index contributed by atoms with van der Waals surface area (Å²) in [7, 11) is 0. The summed E-state index contributed by atoms with van der Waals surface area (Å²) in [4.78, 5) is 13.2. The minimum atomic E-state index is -1.67. The third-order valence-electron chi connectivity index (χ3n) is 16.6. The van der Waals surface area contributed by atoms with Gasteiger partial charge < -0.3 is 50.5 Å². The molecular formula is C66H129NO10. The molecule has 11 nitrogen and oxygen atoms in total. The number of aliphatic hydroxyl groups excluding tert-OH is 7. The van der Waals surface area contributed by atoms with E-state index in [2.05, 4.69) is 31.3 Å². The number of unbranched alkanes of at least 4 members (excludes halogenated alkanes) is 45. The lowest BCUT2D eigenvalue weighted by Crippen LogP contribution is -2.60. The van der Waals surface area contributed by atoms with Crippen molar-refractivity contribution in [3.8, 4) is 0 Å². The first-order valence-corrected chi connectivity index (χ1v) is 33.6. The predicted molar refractivity (Wildman–Crippen MR) is 321 cm³/mol. The number of ether oxygens (including phenoxy) is 2. The van der Waals surface area contributed by atoms with Crippen molar-refractivity contribution in [3.63, 3.8) is 0 Å². The molecule has 9 unspecified atom stereocenters. The summed E-state index contributed by atoms with van der Waals surface area (Å²) in [5, 5.41) is 76.3. The fourth-order valence-electron chi connectivity index (χ4n) is 11.2. The molecule has 0 bridgehead atoms. The van der Waals surface area contributed by atoms with Crippen LogP contribution in [-0.2, 0) is 14.3 Å². The molecule has 458 valence electrons. The van der Waals surface area contributed by atoms with Crippen LogP contribution in [0.25, 0.3) is 0 Å². The van der Waals surface area contributed by atoms with Crippen LogP contribution in [0.1, 0.15) is 335 Å². The quantitative estimate of drug-likeness (QED) is 0.0215. The van der Waals surface area contributed by atoms with E-state index in [1.807, 2.05) is 0 Å². The Balaban J connectivity index is 2.20.